The third kappa shape index (κ3) is 3.17. The van der Waals surface area contributed by atoms with Crippen molar-refractivity contribution in [3.05, 3.63) is 89.5 Å². The fourth-order valence-electron chi connectivity index (χ4n) is 2.71. The maximum absolute atomic E-state index is 6.34. The lowest BCUT2D eigenvalue weighted by atomic mass is 10.2. The van der Waals surface area contributed by atoms with Gasteiger partial charge in [-0.3, -0.25) is 0 Å². The van der Waals surface area contributed by atoms with E-state index in [9.17, 15) is 0 Å². The lowest BCUT2D eigenvalue weighted by Gasteiger charge is -2.24. The van der Waals surface area contributed by atoms with Crippen LogP contribution in [-0.2, 0) is 11.8 Å². The van der Waals surface area contributed by atoms with E-state index in [1.165, 1.54) is 32.6 Å². The molecule has 0 fully saturated rings. The molecule has 0 N–H and O–H groups in total. The molecule has 116 valence electrons. The molecule has 0 aliphatic carbocycles. The molecule has 0 aliphatic rings. The van der Waals surface area contributed by atoms with Crippen LogP contribution in [0.1, 0.15) is 16.7 Å². The smallest absolute Gasteiger partial charge is 0.0379 e. The molecular formula is C21H21PS. The molecule has 0 spiro atoms. The van der Waals surface area contributed by atoms with Crippen molar-refractivity contribution in [1.29, 1.82) is 0 Å². The highest BCUT2D eigenvalue weighted by atomic mass is 32.4. The number of benzene rings is 3. The molecule has 0 bridgehead atoms. The van der Waals surface area contributed by atoms with Crippen LogP contribution in [0.5, 0.6) is 0 Å². The first-order chi connectivity index (χ1) is 11.0. The number of hydrogen-bond acceptors (Lipinski definition) is 1. The lowest BCUT2D eigenvalue weighted by Crippen LogP contribution is -2.24. The van der Waals surface area contributed by atoms with Gasteiger partial charge in [-0.2, -0.15) is 0 Å². The Morgan fingerprint density at radius 1 is 0.478 bits per heavy atom. The topological polar surface area (TPSA) is 0 Å². The van der Waals surface area contributed by atoms with Gasteiger partial charge in [0, 0.05) is 6.04 Å². The molecule has 0 heterocycles. The molecule has 0 unspecified atom stereocenters. The van der Waals surface area contributed by atoms with Gasteiger partial charge in [0.15, 0.2) is 0 Å². The molecule has 3 aromatic rings. The number of hydrogen-bond donors (Lipinski definition) is 0. The zero-order chi connectivity index (χ0) is 16.4. The van der Waals surface area contributed by atoms with E-state index in [1.54, 1.807) is 0 Å². The monoisotopic (exact) mass is 336 g/mol. The van der Waals surface area contributed by atoms with Crippen LogP contribution in [0.2, 0.25) is 0 Å². The first-order valence-electron chi connectivity index (χ1n) is 7.82. The molecule has 3 rings (SSSR count). The average Bonchev–Trinajstić information content (AvgIpc) is 2.56. The minimum absolute atomic E-state index is 1.26. The zero-order valence-corrected chi connectivity index (χ0v) is 15.5. The second-order valence-corrected chi connectivity index (χ2v) is 10.5. The molecule has 0 nitrogen and oxygen atoms in total. The molecule has 0 amide bonds. The quantitative estimate of drug-likeness (QED) is 0.640. The predicted molar refractivity (Wildman–Crippen MR) is 107 cm³/mol. The highest BCUT2D eigenvalue weighted by Crippen LogP contribution is 2.42. The highest BCUT2D eigenvalue weighted by molar-refractivity contribution is 8.25. The van der Waals surface area contributed by atoms with Crippen molar-refractivity contribution in [2.45, 2.75) is 20.8 Å². The Balaban J connectivity index is 2.24. The van der Waals surface area contributed by atoms with Gasteiger partial charge in [0.25, 0.3) is 0 Å². The Morgan fingerprint density at radius 3 is 0.913 bits per heavy atom. The first kappa shape index (κ1) is 16.2. The maximum atomic E-state index is 6.34. The van der Waals surface area contributed by atoms with Crippen LogP contribution in [0.15, 0.2) is 72.8 Å². The summed E-state index contributed by atoms with van der Waals surface area (Å²) < 4.78 is 0. The SMILES string of the molecule is Cc1ccc(P(=S)(c2ccc(C)cc2)c2ccc(C)cc2)cc1. The van der Waals surface area contributed by atoms with Gasteiger partial charge in [-0.05, 0) is 36.7 Å². The van der Waals surface area contributed by atoms with Crippen molar-refractivity contribution in [3.8, 4) is 0 Å². The third-order valence-electron chi connectivity index (χ3n) is 4.19. The summed E-state index contributed by atoms with van der Waals surface area (Å²) in [5, 5.41) is 3.77. The van der Waals surface area contributed by atoms with E-state index in [1.807, 2.05) is 0 Å². The van der Waals surface area contributed by atoms with Gasteiger partial charge in [0.05, 0.1) is 0 Å². The summed E-state index contributed by atoms with van der Waals surface area (Å²) in [5.74, 6) is 0. The Kier molecular flexibility index (Phi) is 4.53. The molecule has 0 saturated heterocycles. The van der Waals surface area contributed by atoms with Gasteiger partial charge < -0.3 is 0 Å². The maximum Gasteiger partial charge on any atom is 0.0379 e. The van der Waals surface area contributed by atoms with E-state index in [2.05, 4.69) is 93.6 Å². The van der Waals surface area contributed by atoms with Crippen molar-refractivity contribution in [1.82, 2.24) is 0 Å². The Hall–Kier alpha value is -1.69. The van der Waals surface area contributed by atoms with Crippen molar-refractivity contribution >= 4 is 33.8 Å². The van der Waals surface area contributed by atoms with Crippen LogP contribution >= 0.6 is 6.04 Å². The molecule has 0 aromatic heterocycles. The fraction of sp³-hybridized carbons (Fsp3) is 0.143. The average molecular weight is 336 g/mol. The lowest BCUT2D eigenvalue weighted by molar-refractivity contribution is 1.48. The zero-order valence-electron chi connectivity index (χ0n) is 13.8. The molecule has 2 heteroatoms. The minimum atomic E-state index is -2.00. The van der Waals surface area contributed by atoms with E-state index in [0.717, 1.165) is 0 Å². The van der Waals surface area contributed by atoms with Gasteiger partial charge >= 0.3 is 0 Å². The van der Waals surface area contributed by atoms with Crippen LogP contribution in [0.3, 0.4) is 0 Å². The van der Waals surface area contributed by atoms with Crippen molar-refractivity contribution in [3.63, 3.8) is 0 Å². The third-order valence-corrected chi connectivity index (χ3v) is 9.17. The standard InChI is InChI=1S/C21H21PS/c1-16-4-10-19(11-5-16)22(23,20-12-6-17(2)7-13-20)21-14-8-18(3)9-15-21/h4-15H,1-3H3. The number of rotatable bonds is 3. The fourth-order valence-corrected chi connectivity index (χ4v) is 6.41. The second kappa shape index (κ2) is 6.43. The number of aryl methyl sites for hydroxylation is 3. The van der Waals surface area contributed by atoms with Crippen LogP contribution in [-0.4, -0.2) is 0 Å². The summed E-state index contributed by atoms with van der Waals surface area (Å²) in [4.78, 5) is 0. The van der Waals surface area contributed by atoms with Crippen molar-refractivity contribution in [2.75, 3.05) is 0 Å². The molecule has 0 saturated carbocycles. The van der Waals surface area contributed by atoms with Gasteiger partial charge in [0.1, 0.15) is 0 Å². The Morgan fingerprint density at radius 2 is 0.696 bits per heavy atom. The largest absolute Gasteiger partial charge is 0.0826 e. The normalized spacial score (nSPS) is 11.4. The van der Waals surface area contributed by atoms with Crippen LogP contribution in [0, 0.1) is 20.8 Å². The Labute approximate surface area is 144 Å². The predicted octanol–water partition coefficient (Wildman–Crippen LogP) is 4.37. The van der Waals surface area contributed by atoms with E-state index >= 15 is 0 Å². The summed E-state index contributed by atoms with van der Waals surface area (Å²) >= 11 is 6.34. The van der Waals surface area contributed by atoms with Gasteiger partial charge in [-0.15, -0.1) is 0 Å². The van der Waals surface area contributed by atoms with Crippen LogP contribution in [0.25, 0.3) is 0 Å². The summed E-state index contributed by atoms with van der Waals surface area (Å²) in [6, 6.07) is 24.2. The van der Waals surface area contributed by atoms with E-state index in [0.29, 0.717) is 0 Å². The highest BCUT2D eigenvalue weighted by Gasteiger charge is 2.24. The second-order valence-electron chi connectivity index (χ2n) is 6.12. The Bertz CT molecular complexity index is 726. The van der Waals surface area contributed by atoms with Crippen LogP contribution in [0.4, 0.5) is 0 Å². The van der Waals surface area contributed by atoms with Crippen LogP contribution < -0.4 is 15.9 Å². The molecule has 0 atom stereocenters. The van der Waals surface area contributed by atoms with Gasteiger partial charge in [-0.1, -0.05) is 101 Å². The van der Waals surface area contributed by atoms with E-state index in [-0.39, 0.29) is 0 Å². The summed E-state index contributed by atoms with van der Waals surface area (Å²) in [6.45, 7) is 6.35. The summed E-state index contributed by atoms with van der Waals surface area (Å²) in [7, 11) is 0. The molecule has 0 radical (unpaired) electrons. The summed E-state index contributed by atoms with van der Waals surface area (Å²) in [6.07, 6.45) is 0. The first-order valence-corrected chi connectivity index (χ1v) is 10.6. The molecule has 23 heavy (non-hydrogen) atoms. The van der Waals surface area contributed by atoms with E-state index < -0.39 is 6.04 Å². The summed E-state index contributed by atoms with van der Waals surface area (Å²) in [5.41, 5.74) is 3.80. The van der Waals surface area contributed by atoms with E-state index in [4.69, 9.17) is 11.8 Å². The molecular weight excluding hydrogens is 315 g/mol. The minimum Gasteiger partial charge on any atom is -0.0826 e. The van der Waals surface area contributed by atoms with Crippen molar-refractivity contribution < 1.29 is 0 Å². The molecule has 3 aromatic carbocycles. The van der Waals surface area contributed by atoms with Crippen molar-refractivity contribution in [2.24, 2.45) is 0 Å². The van der Waals surface area contributed by atoms with Gasteiger partial charge in [0.2, 0.25) is 0 Å². The van der Waals surface area contributed by atoms with Gasteiger partial charge in [-0.25, -0.2) is 0 Å². The molecule has 0 aliphatic heterocycles.